The van der Waals surface area contributed by atoms with Crippen molar-refractivity contribution in [3.63, 3.8) is 0 Å². The Labute approximate surface area is 169 Å². The van der Waals surface area contributed by atoms with E-state index in [2.05, 4.69) is 17.1 Å². The molecule has 0 bridgehead atoms. The van der Waals surface area contributed by atoms with Crippen LogP contribution in [0, 0.1) is 5.92 Å². The number of alkyl halides is 3. The normalized spacial score (nSPS) is 26.1. The summed E-state index contributed by atoms with van der Waals surface area (Å²) < 4.78 is 38.1. The zero-order chi connectivity index (χ0) is 21.0. The molecule has 5 nitrogen and oxygen atoms in total. The fourth-order valence-corrected chi connectivity index (χ4v) is 4.01. The van der Waals surface area contributed by atoms with Crippen molar-refractivity contribution < 1.29 is 22.8 Å². The van der Waals surface area contributed by atoms with Crippen molar-refractivity contribution in [2.24, 2.45) is 5.92 Å². The zero-order valence-corrected chi connectivity index (χ0v) is 16.6. The number of piperidine rings is 2. The maximum atomic E-state index is 12.7. The Morgan fingerprint density at radius 3 is 2.45 bits per heavy atom. The summed E-state index contributed by atoms with van der Waals surface area (Å²) in [6, 6.07) is 6.65. The van der Waals surface area contributed by atoms with E-state index in [1.807, 2.05) is 29.6 Å². The molecule has 3 rings (SSSR count). The SMILES string of the molecule is CC1CCCCN1Cc1ccc(CNC(=O)C2CCC(C(F)(F)F)NC2=O)cc1. The Morgan fingerprint density at radius 2 is 1.83 bits per heavy atom. The summed E-state index contributed by atoms with van der Waals surface area (Å²) in [5.41, 5.74) is 2.09. The molecule has 2 aliphatic heterocycles. The van der Waals surface area contributed by atoms with Crippen LogP contribution in [0.25, 0.3) is 0 Å². The van der Waals surface area contributed by atoms with Crippen LogP contribution < -0.4 is 10.6 Å². The van der Waals surface area contributed by atoms with Crippen molar-refractivity contribution in [3.05, 3.63) is 35.4 Å². The first-order chi connectivity index (χ1) is 13.7. The second-order valence-electron chi connectivity index (χ2n) is 8.08. The van der Waals surface area contributed by atoms with Crippen molar-refractivity contribution in [1.82, 2.24) is 15.5 Å². The number of benzene rings is 1. The minimum atomic E-state index is -4.48. The van der Waals surface area contributed by atoms with Gasteiger partial charge in [0.2, 0.25) is 11.8 Å². The third-order valence-corrected chi connectivity index (χ3v) is 5.90. The number of hydrogen-bond acceptors (Lipinski definition) is 3. The Hall–Kier alpha value is -2.09. The number of likely N-dealkylation sites (tertiary alicyclic amines) is 1. The van der Waals surface area contributed by atoms with Crippen molar-refractivity contribution in [1.29, 1.82) is 0 Å². The molecule has 2 fully saturated rings. The Kier molecular flexibility index (Phi) is 6.82. The maximum Gasteiger partial charge on any atom is 0.408 e. The lowest BCUT2D eigenvalue weighted by molar-refractivity contribution is -0.171. The lowest BCUT2D eigenvalue weighted by Gasteiger charge is -2.33. The fraction of sp³-hybridized carbons (Fsp3) is 0.619. The molecule has 0 spiro atoms. The molecule has 0 saturated carbocycles. The van der Waals surface area contributed by atoms with Gasteiger partial charge in [-0.15, -0.1) is 0 Å². The summed E-state index contributed by atoms with van der Waals surface area (Å²) in [6.45, 7) is 4.50. The van der Waals surface area contributed by atoms with E-state index in [4.69, 9.17) is 0 Å². The number of amides is 2. The van der Waals surface area contributed by atoms with E-state index in [0.717, 1.165) is 18.7 Å². The molecule has 2 amide bonds. The van der Waals surface area contributed by atoms with Crippen LogP contribution in [0.2, 0.25) is 0 Å². The van der Waals surface area contributed by atoms with E-state index >= 15 is 0 Å². The molecule has 1 aromatic rings. The Morgan fingerprint density at radius 1 is 1.14 bits per heavy atom. The molecule has 0 aromatic heterocycles. The first-order valence-corrected chi connectivity index (χ1v) is 10.2. The molecule has 29 heavy (non-hydrogen) atoms. The zero-order valence-electron chi connectivity index (χ0n) is 16.6. The van der Waals surface area contributed by atoms with E-state index < -0.39 is 30.0 Å². The molecular weight excluding hydrogens is 383 g/mol. The minimum Gasteiger partial charge on any atom is -0.351 e. The van der Waals surface area contributed by atoms with Crippen LogP contribution >= 0.6 is 0 Å². The van der Waals surface area contributed by atoms with Crippen LogP contribution in [-0.2, 0) is 22.7 Å². The van der Waals surface area contributed by atoms with Crippen LogP contribution in [0.3, 0.4) is 0 Å². The number of carbonyl (C=O) groups is 2. The van der Waals surface area contributed by atoms with Crippen LogP contribution in [0.15, 0.2) is 24.3 Å². The van der Waals surface area contributed by atoms with E-state index in [9.17, 15) is 22.8 Å². The number of rotatable bonds is 5. The van der Waals surface area contributed by atoms with Crippen LogP contribution in [0.4, 0.5) is 13.2 Å². The molecule has 160 valence electrons. The van der Waals surface area contributed by atoms with Crippen molar-refractivity contribution in [2.45, 2.75) is 70.4 Å². The van der Waals surface area contributed by atoms with Gasteiger partial charge < -0.3 is 10.6 Å². The van der Waals surface area contributed by atoms with Crippen LogP contribution in [-0.4, -0.2) is 41.5 Å². The van der Waals surface area contributed by atoms with E-state index in [-0.39, 0.29) is 19.4 Å². The van der Waals surface area contributed by atoms with Gasteiger partial charge in [-0.25, -0.2) is 0 Å². The summed E-state index contributed by atoms with van der Waals surface area (Å²) in [6.07, 6.45) is -1.13. The van der Waals surface area contributed by atoms with Gasteiger partial charge in [0, 0.05) is 19.1 Å². The first kappa shape index (κ1) is 21.6. The maximum absolute atomic E-state index is 12.7. The molecule has 1 aromatic carbocycles. The molecule has 2 N–H and O–H groups in total. The second-order valence-corrected chi connectivity index (χ2v) is 8.08. The molecular formula is C21H28F3N3O2. The molecule has 3 unspecified atom stereocenters. The molecule has 0 radical (unpaired) electrons. The number of hydrogen-bond donors (Lipinski definition) is 2. The second kappa shape index (κ2) is 9.15. The fourth-order valence-electron chi connectivity index (χ4n) is 4.01. The molecule has 2 saturated heterocycles. The average Bonchev–Trinajstić information content (AvgIpc) is 2.68. The predicted molar refractivity (Wildman–Crippen MR) is 103 cm³/mol. The van der Waals surface area contributed by atoms with Gasteiger partial charge in [0.25, 0.3) is 0 Å². The number of nitrogens with one attached hydrogen (secondary N) is 2. The van der Waals surface area contributed by atoms with Crippen molar-refractivity contribution in [3.8, 4) is 0 Å². The number of nitrogens with zero attached hydrogens (tertiary/aromatic N) is 1. The molecule has 0 aliphatic carbocycles. The Balaban J connectivity index is 1.47. The highest BCUT2D eigenvalue weighted by Gasteiger charge is 2.45. The minimum absolute atomic E-state index is 0.102. The summed E-state index contributed by atoms with van der Waals surface area (Å²) in [5.74, 6) is -2.47. The van der Waals surface area contributed by atoms with Crippen LogP contribution in [0.1, 0.15) is 50.2 Å². The van der Waals surface area contributed by atoms with Crippen molar-refractivity contribution >= 4 is 11.8 Å². The highest BCUT2D eigenvalue weighted by Crippen LogP contribution is 2.28. The summed E-state index contributed by atoms with van der Waals surface area (Å²) in [7, 11) is 0. The summed E-state index contributed by atoms with van der Waals surface area (Å²) in [4.78, 5) is 26.6. The largest absolute Gasteiger partial charge is 0.408 e. The predicted octanol–water partition coefficient (Wildman–Crippen LogP) is 3.13. The van der Waals surface area contributed by atoms with Gasteiger partial charge in [-0.2, -0.15) is 13.2 Å². The Bertz CT molecular complexity index is 721. The van der Waals surface area contributed by atoms with Gasteiger partial charge in [0.05, 0.1) is 0 Å². The third-order valence-electron chi connectivity index (χ3n) is 5.90. The molecule has 2 aliphatic rings. The van der Waals surface area contributed by atoms with E-state index in [0.29, 0.717) is 6.04 Å². The van der Waals surface area contributed by atoms with Gasteiger partial charge in [0.15, 0.2) is 0 Å². The summed E-state index contributed by atoms with van der Waals surface area (Å²) in [5, 5.41) is 4.57. The monoisotopic (exact) mass is 411 g/mol. The number of carbonyl (C=O) groups excluding carboxylic acids is 2. The smallest absolute Gasteiger partial charge is 0.351 e. The van der Waals surface area contributed by atoms with Gasteiger partial charge in [-0.1, -0.05) is 30.7 Å². The molecule has 2 heterocycles. The molecule has 8 heteroatoms. The summed E-state index contributed by atoms with van der Waals surface area (Å²) >= 11 is 0. The van der Waals surface area contributed by atoms with Gasteiger partial charge in [-0.05, 0) is 50.3 Å². The molecule has 3 atom stereocenters. The highest BCUT2D eigenvalue weighted by atomic mass is 19.4. The average molecular weight is 411 g/mol. The van der Waals surface area contributed by atoms with Crippen LogP contribution in [0.5, 0.6) is 0 Å². The lowest BCUT2D eigenvalue weighted by atomic mass is 9.92. The quantitative estimate of drug-likeness (QED) is 0.732. The van der Waals surface area contributed by atoms with E-state index in [1.54, 1.807) is 0 Å². The standard InChI is InChI=1S/C21H28F3N3O2/c1-14-4-2-3-11-27(14)13-16-7-5-15(6-8-16)12-25-19(28)17-9-10-18(21(22,23)24)26-20(17)29/h5-8,14,17-18H,2-4,9-13H2,1H3,(H,25,28)(H,26,29). The third kappa shape index (κ3) is 5.72. The first-order valence-electron chi connectivity index (χ1n) is 10.2. The highest BCUT2D eigenvalue weighted by molar-refractivity contribution is 6.00. The van der Waals surface area contributed by atoms with Gasteiger partial charge >= 0.3 is 6.18 Å². The number of halogens is 3. The van der Waals surface area contributed by atoms with Crippen molar-refractivity contribution in [2.75, 3.05) is 6.54 Å². The van der Waals surface area contributed by atoms with E-state index in [1.165, 1.54) is 24.8 Å². The lowest BCUT2D eigenvalue weighted by Crippen LogP contribution is -2.54. The topological polar surface area (TPSA) is 61.4 Å². The van der Waals surface area contributed by atoms with Gasteiger partial charge in [-0.3, -0.25) is 14.5 Å². The van der Waals surface area contributed by atoms with Gasteiger partial charge in [0.1, 0.15) is 12.0 Å².